The highest BCUT2D eigenvalue weighted by molar-refractivity contribution is 8.00. The highest BCUT2D eigenvalue weighted by atomic mass is 32.2. The van der Waals surface area contributed by atoms with Gasteiger partial charge in [0, 0.05) is 24.2 Å². The monoisotopic (exact) mass is 419 g/mol. The summed E-state index contributed by atoms with van der Waals surface area (Å²) in [5.74, 6) is -0.136. The average molecular weight is 420 g/mol. The molecule has 1 aromatic heterocycles. The summed E-state index contributed by atoms with van der Waals surface area (Å²) in [6.45, 7) is 5.15. The summed E-state index contributed by atoms with van der Waals surface area (Å²) in [5.41, 5.74) is 3.39. The zero-order valence-electron chi connectivity index (χ0n) is 16.9. The Bertz CT molecular complexity index is 1060. The van der Waals surface area contributed by atoms with E-state index in [1.54, 1.807) is 17.0 Å². The molecule has 0 atom stereocenters. The fourth-order valence-electron chi connectivity index (χ4n) is 3.15. The molecule has 4 nitrogen and oxygen atoms in total. The number of hydrogen-bond acceptors (Lipinski definition) is 4. The molecule has 2 aromatic carbocycles. The largest absolute Gasteiger partial charge is 0.343 e. The van der Waals surface area contributed by atoms with Crippen molar-refractivity contribution in [3.8, 4) is 28.5 Å². The molecule has 0 aliphatic heterocycles. The van der Waals surface area contributed by atoms with Crippen molar-refractivity contribution in [3.05, 3.63) is 72.0 Å². The average Bonchev–Trinajstić information content (AvgIpc) is 2.79. The van der Waals surface area contributed by atoms with Crippen LogP contribution in [0, 0.1) is 17.1 Å². The van der Waals surface area contributed by atoms with Crippen LogP contribution in [0.25, 0.3) is 22.4 Å². The fourth-order valence-corrected chi connectivity index (χ4v) is 4.05. The predicted molar refractivity (Wildman–Crippen MR) is 118 cm³/mol. The lowest BCUT2D eigenvalue weighted by molar-refractivity contribution is -0.127. The summed E-state index contributed by atoms with van der Waals surface area (Å²) >= 11 is 1.26. The molecule has 0 saturated carbocycles. The van der Waals surface area contributed by atoms with E-state index in [4.69, 9.17) is 4.98 Å². The highest BCUT2D eigenvalue weighted by Crippen LogP contribution is 2.34. The number of rotatable bonds is 7. The van der Waals surface area contributed by atoms with Gasteiger partial charge in [-0.25, -0.2) is 9.37 Å². The van der Waals surface area contributed by atoms with E-state index in [1.165, 1.54) is 23.9 Å². The molecule has 0 aliphatic carbocycles. The third kappa shape index (κ3) is 4.87. The molecule has 0 saturated heterocycles. The van der Waals surface area contributed by atoms with Gasteiger partial charge >= 0.3 is 0 Å². The number of aromatic nitrogens is 1. The second kappa shape index (κ2) is 10.0. The van der Waals surface area contributed by atoms with Crippen molar-refractivity contribution in [2.45, 2.75) is 18.9 Å². The normalized spacial score (nSPS) is 10.5. The molecule has 0 aliphatic rings. The summed E-state index contributed by atoms with van der Waals surface area (Å²) < 4.78 is 13.4. The van der Waals surface area contributed by atoms with E-state index >= 15 is 0 Å². The lowest BCUT2D eigenvalue weighted by Crippen LogP contribution is -2.31. The van der Waals surface area contributed by atoms with Crippen LogP contribution in [0.15, 0.2) is 65.7 Å². The summed E-state index contributed by atoms with van der Waals surface area (Å²) in [4.78, 5) is 18.9. The van der Waals surface area contributed by atoms with Crippen molar-refractivity contribution in [2.75, 3.05) is 18.8 Å². The summed E-state index contributed by atoms with van der Waals surface area (Å²) in [6, 6.07) is 19.8. The van der Waals surface area contributed by atoms with Crippen LogP contribution >= 0.6 is 11.8 Å². The number of carbonyl (C=O) groups excluding carboxylic acids is 1. The molecule has 6 heteroatoms. The van der Waals surface area contributed by atoms with Crippen molar-refractivity contribution in [2.24, 2.45) is 0 Å². The third-order valence-corrected chi connectivity index (χ3v) is 5.73. The Labute approximate surface area is 180 Å². The molecule has 30 heavy (non-hydrogen) atoms. The van der Waals surface area contributed by atoms with Crippen LogP contribution in [0.5, 0.6) is 0 Å². The van der Waals surface area contributed by atoms with Crippen LogP contribution in [0.3, 0.4) is 0 Å². The topological polar surface area (TPSA) is 57.0 Å². The maximum Gasteiger partial charge on any atom is 0.232 e. The van der Waals surface area contributed by atoms with Gasteiger partial charge in [0.2, 0.25) is 5.91 Å². The zero-order chi connectivity index (χ0) is 21.5. The molecular formula is C24H22FN3OS. The van der Waals surface area contributed by atoms with Gasteiger partial charge in [-0.15, -0.1) is 0 Å². The molecule has 152 valence electrons. The number of halogens is 1. The van der Waals surface area contributed by atoms with Gasteiger partial charge in [0.15, 0.2) is 0 Å². The zero-order valence-corrected chi connectivity index (χ0v) is 17.7. The summed E-state index contributed by atoms with van der Waals surface area (Å²) in [5, 5.41) is 10.4. The van der Waals surface area contributed by atoms with Crippen molar-refractivity contribution in [1.29, 1.82) is 5.26 Å². The molecule has 3 aromatic rings. The van der Waals surface area contributed by atoms with Gasteiger partial charge in [-0.1, -0.05) is 54.2 Å². The van der Waals surface area contributed by atoms with Crippen LogP contribution in [0.4, 0.5) is 4.39 Å². The quantitative estimate of drug-likeness (QED) is 0.482. The van der Waals surface area contributed by atoms with Crippen LogP contribution in [0.2, 0.25) is 0 Å². The van der Waals surface area contributed by atoms with Gasteiger partial charge in [0.1, 0.15) is 16.9 Å². The van der Waals surface area contributed by atoms with Crippen LogP contribution in [0.1, 0.15) is 19.4 Å². The Kier molecular flexibility index (Phi) is 7.21. The molecule has 0 spiro atoms. The van der Waals surface area contributed by atoms with E-state index in [0.29, 0.717) is 34.9 Å². The number of carbonyl (C=O) groups is 1. The number of nitrogens with zero attached hydrogens (tertiary/aromatic N) is 3. The summed E-state index contributed by atoms with van der Waals surface area (Å²) in [6.07, 6.45) is 0. The number of pyridine rings is 1. The van der Waals surface area contributed by atoms with Gasteiger partial charge < -0.3 is 4.90 Å². The standard InChI is InChI=1S/C24H22FN3OS/c1-3-28(4-2)23(29)16-30-24-21(15-26)20(17-10-12-19(25)13-11-17)14-22(27-24)18-8-6-5-7-9-18/h5-14H,3-4,16H2,1-2H3. The SMILES string of the molecule is CCN(CC)C(=O)CSc1nc(-c2ccccc2)cc(-c2ccc(F)cc2)c1C#N. The molecule has 3 rings (SSSR count). The lowest BCUT2D eigenvalue weighted by Gasteiger charge is -2.18. The van der Waals surface area contributed by atoms with Gasteiger partial charge in [-0.05, 0) is 37.6 Å². The summed E-state index contributed by atoms with van der Waals surface area (Å²) in [7, 11) is 0. The molecule has 1 heterocycles. The van der Waals surface area contributed by atoms with Crippen LogP contribution in [-0.2, 0) is 4.79 Å². The number of amides is 1. The first-order valence-electron chi connectivity index (χ1n) is 9.74. The second-order valence-corrected chi connectivity index (χ2v) is 7.54. The first kappa shape index (κ1) is 21.5. The van der Waals surface area contributed by atoms with E-state index < -0.39 is 0 Å². The number of hydrogen-bond donors (Lipinski definition) is 0. The Morgan fingerprint density at radius 2 is 1.73 bits per heavy atom. The number of nitriles is 1. The van der Waals surface area contributed by atoms with Gasteiger partial charge in [0.25, 0.3) is 0 Å². The van der Waals surface area contributed by atoms with Crippen LogP contribution < -0.4 is 0 Å². The molecular weight excluding hydrogens is 397 g/mol. The second-order valence-electron chi connectivity index (χ2n) is 6.57. The van der Waals surface area contributed by atoms with E-state index in [0.717, 1.165) is 11.1 Å². The van der Waals surface area contributed by atoms with E-state index in [9.17, 15) is 14.4 Å². The predicted octanol–water partition coefficient (Wildman–Crippen LogP) is 5.39. The van der Waals surface area contributed by atoms with Crippen molar-refractivity contribution in [1.82, 2.24) is 9.88 Å². The minimum absolute atomic E-state index is 0.00383. The molecule has 1 amide bonds. The molecule has 0 unspecified atom stereocenters. The van der Waals surface area contributed by atoms with E-state index in [2.05, 4.69) is 6.07 Å². The molecule has 0 fully saturated rings. The van der Waals surface area contributed by atoms with Crippen LogP contribution in [-0.4, -0.2) is 34.6 Å². The Morgan fingerprint density at radius 3 is 2.33 bits per heavy atom. The molecule has 0 bridgehead atoms. The van der Waals surface area contributed by atoms with Crippen molar-refractivity contribution >= 4 is 17.7 Å². The highest BCUT2D eigenvalue weighted by Gasteiger charge is 2.18. The van der Waals surface area contributed by atoms with E-state index in [1.807, 2.05) is 50.2 Å². The maximum absolute atomic E-state index is 13.4. The molecule has 0 N–H and O–H groups in total. The Hall–Kier alpha value is -3.17. The minimum atomic E-state index is -0.339. The Morgan fingerprint density at radius 1 is 1.07 bits per heavy atom. The minimum Gasteiger partial charge on any atom is -0.343 e. The van der Waals surface area contributed by atoms with E-state index in [-0.39, 0.29) is 17.5 Å². The molecule has 0 radical (unpaired) electrons. The van der Waals surface area contributed by atoms with Gasteiger partial charge in [-0.3, -0.25) is 4.79 Å². The van der Waals surface area contributed by atoms with Gasteiger partial charge in [-0.2, -0.15) is 5.26 Å². The third-order valence-electron chi connectivity index (χ3n) is 4.77. The maximum atomic E-state index is 13.4. The van der Waals surface area contributed by atoms with Crippen molar-refractivity contribution < 1.29 is 9.18 Å². The number of thioether (sulfide) groups is 1. The lowest BCUT2D eigenvalue weighted by atomic mass is 9.99. The Balaban J connectivity index is 2.08. The first-order valence-corrected chi connectivity index (χ1v) is 10.7. The smallest absolute Gasteiger partial charge is 0.232 e. The van der Waals surface area contributed by atoms with Gasteiger partial charge in [0.05, 0.1) is 17.0 Å². The first-order chi connectivity index (χ1) is 14.6. The van der Waals surface area contributed by atoms with Crippen molar-refractivity contribution in [3.63, 3.8) is 0 Å². The number of benzene rings is 2. The fraction of sp³-hybridized carbons (Fsp3) is 0.208.